The average molecular weight is 215 g/mol. The lowest BCUT2D eigenvalue weighted by Crippen LogP contribution is -2.45. The van der Waals surface area contributed by atoms with Gasteiger partial charge in [-0.3, -0.25) is 9.88 Å². The van der Waals surface area contributed by atoms with Crippen LogP contribution in [0.4, 0.5) is 0 Å². The smallest absolute Gasteiger partial charge is 0.133 e. The average Bonchev–Trinajstić information content (AvgIpc) is 2.40. The van der Waals surface area contributed by atoms with Gasteiger partial charge in [0.2, 0.25) is 0 Å². The minimum absolute atomic E-state index is 0.519. The molecule has 0 saturated carbocycles. The first-order valence-electron chi connectivity index (χ1n) is 5.84. The third-order valence-electron chi connectivity index (χ3n) is 3.43. The quantitative estimate of drug-likeness (QED) is 0.760. The van der Waals surface area contributed by atoms with Crippen LogP contribution >= 0.6 is 0 Å². The maximum absolute atomic E-state index is 9.47. The van der Waals surface area contributed by atoms with Crippen molar-refractivity contribution in [2.24, 2.45) is 0 Å². The first kappa shape index (κ1) is 11.1. The molecule has 1 fully saturated rings. The topological polar surface area (TPSA) is 39.9 Å². The molecule has 1 unspecified atom stereocenters. The van der Waals surface area contributed by atoms with E-state index in [4.69, 9.17) is 0 Å². The molecule has 1 aromatic heterocycles. The normalized spacial score (nSPS) is 21.0. The summed E-state index contributed by atoms with van der Waals surface area (Å²) >= 11 is 0. The predicted molar refractivity (Wildman–Crippen MR) is 62.6 cm³/mol. The van der Waals surface area contributed by atoms with Gasteiger partial charge in [0.05, 0.1) is 6.07 Å². The molecule has 0 bridgehead atoms. The van der Waals surface area contributed by atoms with Crippen molar-refractivity contribution in [2.75, 3.05) is 13.1 Å². The molecule has 1 saturated heterocycles. The Bertz CT molecular complexity index is 376. The molecule has 3 heteroatoms. The monoisotopic (exact) mass is 215 g/mol. The molecule has 3 nitrogen and oxygen atoms in total. The Labute approximate surface area is 96.7 Å². The maximum atomic E-state index is 9.47. The van der Waals surface area contributed by atoms with Crippen LogP contribution in [0, 0.1) is 11.3 Å². The Balaban J connectivity index is 2.29. The summed E-state index contributed by atoms with van der Waals surface area (Å²) in [6.07, 6.45) is 7.22. The zero-order chi connectivity index (χ0) is 11.4. The van der Waals surface area contributed by atoms with Gasteiger partial charge in [-0.15, -0.1) is 0 Å². The van der Waals surface area contributed by atoms with Crippen molar-refractivity contribution in [1.82, 2.24) is 9.88 Å². The Kier molecular flexibility index (Phi) is 3.21. The van der Waals surface area contributed by atoms with Gasteiger partial charge in [-0.05, 0) is 38.9 Å². The minimum atomic E-state index is -0.519. The first-order chi connectivity index (χ1) is 7.77. The summed E-state index contributed by atoms with van der Waals surface area (Å²) in [4.78, 5) is 6.39. The molecule has 0 amide bonds. The lowest BCUT2D eigenvalue weighted by Gasteiger charge is -2.38. The number of nitrogens with zero attached hydrogens (tertiary/aromatic N) is 3. The van der Waals surface area contributed by atoms with E-state index in [1.807, 2.05) is 19.1 Å². The molecule has 1 aliphatic rings. The van der Waals surface area contributed by atoms with Crippen molar-refractivity contribution in [3.63, 3.8) is 0 Å². The Hall–Kier alpha value is -1.40. The number of hydrogen-bond acceptors (Lipinski definition) is 3. The van der Waals surface area contributed by atoms with E-state index in [1.54, 1.807) is 12.4 Å². The zero-order valence-corrected chi connectivity index (χ0v) is 9.69. The second kappa shape index (κ2) is 4.63. The molecule has 1 aliphatic heterocycles. The molecular formula is C13H17N3. The van der Waals surface area contributed by atoms with Crippen LogP contribution < -0.4 is 0 Å². The molecule has 0 N–H and O–H groups in total. The molecule has 1 aromatic rings. The molecule has 84 valence electrons. The Morgan fingerprint density at radius 2 is 2.12 bits per heavy atom. The highest BCUT2D eigenvalue weighted by Crippen LogP contribution is 2.29. The van der Waals surface area contributed by atoms with Gasteiger partial charge in [-0.2, -0.15) is 5.26 Å². The molecule has 2 heterocycles. The number of pyridine rings is 1. The van der Waals surface area contributed by atoms with Crippen molar-refractivity contribution in [2.45, 2.75) is 31.7 Å². The van der Waals surface area contributed by atoms with Crippen molar-refractivity contribution in [3.8, 4) is 6.07 Å². The fourth-order valence-corrected chi connectivity index (χ4v) is 2.31. The van der Waals surface area contributed by atoms with Crippen LogP contribution in [0.3, 0.4) is 0 Å². The maximum Gasteiger partial charge on any atom is 0.133 e. The molecule has 0 radical (unpaired) electrons. The number of likely N-dealkylation sites (tertiary alicyclic amines) is 1. The molecular weight excluding hydrogens is 198 g/mol. The fraction of sp³-hybridized carbons (Fsp3) is 0.538. The standard InChI is InChI=1S/C13H17N3/c1-13(11-14,12-6-5-7-15-10-12)16-8-3-2-4-9-16/h5-7,10H,2-4,8-9H2,1H3. The summed E-state index contributed by atoms with van der Waals surface area (Å²) in [5.41, 5.74) is 0.480. The molecule has 0 aliphatic carbocycles. The predicted octanol–water partition coefficient (Wildman–Crippen LogP) is 2.31. The van der Waals surface area contributed by atoms with Crippen molar-refractivity contribution >= 4 is 0 Å². The Morgan fingerprint density at radius 3 is 2.69 bits per heavy atom. The number of aromatic nitrogens is 1. The number of nitriles is 1. The highest BCUT2D eigenvalue weighted by molar-refractivity contribution is 5.27. The highest BCUT2D eigenvalue weighted by Gasteiger charge is 2.34. The molecule has 1 atom stereocenters. The van der Waals surface area contributed by atoms with Gasteiger partial charge in [0, 0.05) is 18.0 Å². The van der Waals surface area contributed by atoms with Gasteiger partial charge in [0.15, 0.2) is 0 Å². The largest absolute Gasteiger partial charge is 0.282 e. The van der Waals surface area contributed by atoms with Crippen LogP contribution in [-0.2, 0) is 5.54 Å². The van der Waals surface area contributed by atoms with Crippen LogP contribution in [-0.4, -0.2) is 23.0 Å². The zero-order valence-electron chi connectivity index (χ0n) is 9.69. The van der Waals surface area contributed by atoms with Gasteiger partial charge in [-0.1, -0.05) is 12.5 Å². The molecule has 0 aromatic carbocycles. The summed E-state index contributed by atoms with van der Waals surface area (Å²) in [6.45, 7) is 4.02. The van der Waals surface area contributed by atoms with Crippen LogP contribution in [0.2, 0.25) is 0 Å². The third-order valence-corrected chi connectivity index (χ3v) is 3.43. The lowest BCUT2D eigenvalue weighted by atomic mass is 9.91. The summed E-state index contributed by atoms with van der Waals surface area (Å²) in [7, 11) is 0. The second-order valence-corrected chi connectivity index (χ2v) is 4.47. The van der Waals surface area contributed by atoms with Gasteiger partial charge in [0.25, 0.3) is 0 Å². The van der Waals surface area contributed by atoms with Crippen molar-refractivity contribution < 1.29 is 0 Å². The molecule has 16 heavy (non-hydrogen) atoms. The summed E-state index contributed by atoms with van der Waals surface area (Å²) in [5, 5.41) is 9.47. The summed E-state index contributed by atoms with van der Waals surface area (Å²) < 4.78 is 0. The van der Waals surface area contributed by atoms with Gasteiger partial charge >= 0.3 is 0 Å². The van der Waals surface area contributed by atoms with Crippen LogP contribution in [0.5, 0.6) is 0 Å². The van der Waals surface area contributed by atoms with Crippen LogP contribution in [0.25, 0.3) is 0 Å². The lowest BCUT2D eigenvalue weighted by molar-refractivity contribution is 0.123. The van der Waals surface area contributed by atoms with Crippen molar-refractivity contribution in [1.29, 1.82) is 5.26 Å². The molecule has 2 rings (SSSR count). The number of rotatable bonds is 2. The van der Waals surface area contributed by atoms with E-state index in [0.29, 0.717) is 0 Å². The van der Waals surface area contributed by atoms with E-state index < -0.39 is 5.54 Å². The fourth-order valence-electron chi connectivity index (χ4n) is 2.31. The Morgan fingerprint density at radius 1 is 1.38 bits per heavy atom. The minimum Gasteiger partial charge on any atom is -0.282 e. The first-order valence-corrected chi connectivity index (χ1v) is 5.84. The summed E-state index contributed by atoms with van der Waals surface area (Å²) in [5.74, 6) is 0. The van der Waals surface area contributed by atoms with Gasteiger partial charge in [0.1, 0.15) is 5.54 Å². The second-order valence-electron chi connectivity index (χ2n) is 4.47. The van der Waals surface area contributed by atoms with Crippen LogP contribution in [0.15, 0.2) is 24.5 Å². The van der Waals surface area contributed by atoms with E-state index in [1.165, 1.54) is 19.3 Å². The summed E-state index contributed by atoms with van der Waals surface area (Å²) in [6, 6.07) is 6.34. The van der Waals surface area contributed by atoms with Gasteiger partial charge in [-0.25, -0.2) is 0 Å². The van der Waals surface area contributed by atoms with E-state index >= 15 is 0 Å². The molecule has 0 spiro atoms. The third kappa shape index (κ3) is 1.94. The van der Waals surface area contributed by atoms with E-state index in [0.717, 1.165) is 18.7 Å². The van der Waals surface area contributed by atoms with E-state index in [-0.39, 0.29) is 0 Å². The van der Waals surface area contributed by atoms with E-state index in [9.17, 15) is 5.26 Å². The highest BCUT2D eigenvalue weighted by atomic mass is 15.2. The van der Waals surface area contributed by atoms with E-state index in [2.05, 4.69) is 16.0 Å². The van der Waals surface area contributed by atoms with Gasteiger partial charge < -0.3 is 0 Å². The number of piperidine rings is 1. The number of hydrogen-bond donors (Lipinski definition) is 0. The SMILES string of the molecule is CC(C#N)(c1cccnc1)N1CCCCC1. The van der Waals surface area contributed by atoms with Crippen LogP contribution in [0.1, 0.15) is 31.7 Å². The van der Waals surface area contributed by atoms with Crippen molar-refractivity contribution in [3.05, 3.63) is 30.1 Å².